The molecule has 2 aliphatic heterocycles. The summed E-state index contributed by atoms with van der Waals surface area (Å²) in [4.78, 5) is 4.99. The highest BCUT2D eigenvalue weighted by atomic mass is 15.2. The maximum atomic E-state index is 5.90. The number of nitrogens with zero attached hydrogens (tertiary/aromatic N) is 2. The highest BCUT2D eigenvalue weighted by molar-refractivity contribution is 4.79. The predicted molar refractivity (Wildman–Crippen MR) is 63.9 cm³/mol. The van der Waals surface area contributed by atoms with Crippen molar-refractivity contribution in [3.8, 4) is 0 Å². The molecule has 2 rings (SSSR count). The van der Waals surface area contributed by atoms with Crippen LogP contribution >= 0.6 is 0 Å². The van der Waals surface area contributed by atoms with E-state index >= 15 is 0 Å². The van der Waals surface area contributed by atoms with E-state index in [0.29, 0.717) is 6.04 Å². The lowest BCUT2D eigenvalue weighted by Crippen LogP contribution is -2.33. The molecule has 0 aliphatic carbocycles. The van der Waals surface area contributed by atoms with Gasteiger partial charge in [-0.25, -0.2) is 0 Å². The van der Waals surface area contributed by atoms with Crippen molar-refractivity contribution >= 4 is 0 Å². The Kier molecular flexibility index (Phi) is 4.00. The van der Waals surface area contributed by atoms with Gasteiger partial charge in [-0.1, -0.05) is 0 Å². The van der Waals surface area contributed by atoms with Crippen molar-refractivity contribution in [2.75, 3.05) is 39.8 Å². The van der Waals surface area contributed by atoms with Gasteiger partial charge in [0.2, 0.25) is 0 Å². The molecule has 2 heterocycles. The largest absolute Gasteiger partial charge is 0.326 e. The molecule has 15 heavy (non-hydrogen) atoms. The first kappa shape index (κ1) is 11.4. The van der Waals surface area contributed by atoms with E-state index in [1.165, 1.54) is 51.9 Å². The SMILES string of the molecule is CN1CCC(CCN2CCC(N)C2)CC1. The first-order valence-electron chi connectivity index (χ1n) is 6.40. The summed E-state index contributed by atoms with van der Waals surface area (Å²) in [6, 6.07) is 0.447. The minimum Gasteiger partial charge on any atom is -0.326 e. The van der Waals surface area contributed by atoms with Crippen LogP contribution in [0.5, 0.6) is 0 Å². The molecule has 1 unspecified atom stereocenters. The number of rotatable bonds is 3. The molecule has 0 aromatic rings. The molecule has 2 saturated heterocycles. The normalized spacial score (nSPS) is 31.2. The van der Waals surface area contributed by atoms with E-state index < -0.39 is 0 Å². The van der Waals surface area contributed by atoms with E-state index in [4.69, 9.17) is 5.73 Å². The van der Waals surface area contributed by atoms with E-state index in [0.717, 1.165) is 12.5 Å². The van der Waals surface area contributed by atoms with E-state index in [1.54, 1.807) is 0 Å². The second-order valence-corrected chi connectivity index (χ2v) is 5.38. The molecule has 3 nitrogen and oxygen atoms in total. The molecule has 0 aromatic carbocycles. The summed E-state index contributed by atoms with van der Waals surface area (Å²) < 4.78 is 0. The molecular formula is C12H25N3. The molecule has 1 atom stereocenters. The Hall–Kier alpha value is -0.120. The Morgan fingerprint density at radius 2 is 1.87 bits per heavy atom. The first-order valence-corrected chi connectivity index (χ1v) is 6.40. The number of piperidine rings is 1. The molecular weight excluding hydrogens is 186 g/mol. The lowest BCUT2D eigenvalue weighted by Gasteiger charge is -2.30. The van der Waals surface area contributed by atoms with Gasteiger partial charge in [0.25, 0.3) is 0 Å². The van der Waals surface area contributed by atoms with Crippen LogP contribution in [0.3, 0.4) is 0 Å². The van der Waals surface area contributed by atoms with Crippen LogP contribution in [0.15, 0.2) is 0 Å². The van der Waals surface area contributed by atoms with Crippen LogP contribution in [0.4, 0.5) is 0 Å². The molecule has 2 fully saturated rings. The molecule has 0 amide bonds. The summed E-state index contributed by atoms with van der Waals surface area (Å²) >= 11 is 0. The van der Waals surface area contributed by atoms with Gasteiger partial charge in [-0.15, -0.1) is 0 Å². The Balaban J connectivity index is 1.61. The van der Waals surface area contributed by atoms with Crippen molar-refractivity contribution in [1.82, 2.24) is 9.80 Å². The predicted octanol–water partition coefficient (Wildman–Crippen LogP) is 0.751. The van der Waals surface area contributed by atoms with Crippen LogP contribution < -0.4 is 5.73 Å². The van der Waals surface area contributed by atoms with Crippen LogP contribution in [-0.4, -0.2) is 55.6 Å². The van der Waals surface area contributed by atoms with Gasteiger partial charge >= 0.3 is 0 Å². The third-order valence-corrected chi connectivity index (χ3v) is 4.00. The molecule has 0 radical (unpaired) electrons. The van der Waals surface area contributed by atoms with Gasteiger partial charge in [0, 0.05) is 12.6 Å². The van der Waals surface area contributed by atoms with E-state index in [1.807, 2.05) is 0 Å². The van der Waals surface area contributed by atoms with E-state index in [2.05, 4.69) is 16.8 Å². The summed E-state index contributed by atoms with van der Waals surface area (Å²) in [6.07, 6.45) is 5.39. The summed E-state index contributed by atoms with van der Waals surface area (Å²) in [7, 11) is 2.23. The summed E-state index contributed by atoms with van der Waals surface area (Å²) in [5.74, 6) is 0.970. The Bertz CT molecular complexity index is 187. The van der Waals surface area contributed by atoms with Crippen LogP contribution in [0.1, 0.15) is 25.7 Å². The van der Waals surface area contributed by atoms with Crippen molar-refractivity contribution in [1.29, 1.82) is 0 Å². The minimum atomic E-state index is 0.447. The third kappa shape index (κ3) is 3.44. The Labute approximate surface area is 93.6 Å². The topological polar surface area (TPSA) is 32.5 Å². The summed E-state index contributed by atoms with van der Waals surface area (Å²) in [6.45, 7) is 6.23. The first-order chi connectivity index (χ1) is 7.24. The summed E-state index contributed by atoms with van der Waals surface area (Å²) in [5, 5.41) is 0. The van der Waals surface area contributed by atoms with Gasteiger partial charge in [0.05, 0.1) is 0 Å². The molecule has 0 bridgehead atoms. The zero-order valence-electron chi connectivity index (χ0n) is 9.99. The average molecular weight is 211 g/mol. The molecule has 2 aliphatic rings. The van der Waals surface area contributed by atoms with Crippen LogP contribution in [-0.2, 0) is 0 Å². The molecule has 88 valence electrons. The zero-order chi connectivity index (χ0) is 10.7. The molecule has 0 spiro atoms. The second kappa shape index (κ2) is 5.28. The highest BCUT2D eigenvalue weighted by Crippen LogP contribution is 2.20. The maximum Gasteiger partial charge on any atom is 0.0180 e. The maximum absolute atomic E-state index is 5.90. The van der Waals surface area contributed by atoms with Crippen LogP contribution in [0.2, 0.25) is 0 Å². The fraction of sp³-hybridized carbons (Fsp3) is 1.00. The fourth-order valence-corrected chi connectivity index (χ4v) is 2.78. The average Bonchev–Trinajstić information content (AvgIpc) is 2.64. The second-order valence-electron chi connectivity index (χ2n) is 5.38. The van der Waals surface area contributed by atoms with Gasteiger partial charge in [-0.2, -0.15) is 0 Å². The minimum absolute atomic E-state index is 0.447. The fourth-order valence-electron chi connectivity index (χ4n) is 2.78. The Morgan fingerprint density at radius 3 is 2.47 bits per heavy atom. The van der Waals surface area contributed by atoms with Gasteiger partial charge < -0.3 is 15.5 Å². The van der Waals surface area contributed by atoms with Crippen LogP contribution in [0, 0.1) is 5.92 Å². The zero-order valence-corrected chi connectivity index (χ0v) is 9.99. The molecule has 2 N–H and O–H groups in total. The van der Waals surface area contributed by atoms with Crippen LogP contribution in [0.25, 0.3) is 0 Å². The number of hydrogen-bond acceptors (Lipinski definition) is 3. The van der Waals surface area contributed by atoms with Gasteiger partial charge in [-0.05, 0) is 64.8 Å². The lowest BCUT2D eigenvalue weighted by molar-refractivity contribution is 0.195. The molecule has 0 saturated carbocycles. The van der Waals surface area contributed by atoms with Gasteiger partial charge in [-0.3, -0.25) is 0 Å². The smallest absolute Gasteiger partial charge is 0.0180 e. The lowest BCUT2D eigenvalue weighted by atomic mass is 9.94. The van der Waals surface area contributed by atoms with E-state index in [9.17, 15) is 0 Å². The number of likely N-dealkylation sites (tertiary alicyclic amines) is 2. The van der Waals surface area contributed by atoms with Crippen molar-refractivity contribution in [3.05, 3.63) is 0 Å². The van der Waals surface area contributed by atoms with Crippen molar-refractivity contribution in [3.63, 3.8) is 0 Å². The molecule has 3 heteroatoms. The number of hydrogen-bond donors (Lipinski definition) is 1. The monoisotopic (exact) mass is 211 g/mol. The van der Waals surface area contributed by atoms with Crippen molar-refractivity contribution in [2.24, 2.45) is 11.7 Å². The standard InChI is InChI=1S/C12H25N3/c1-14-6-2-11(3-7-14)4-8-15-9-5-12(13)10-15/h11-12H,2-10,13H2,1H3. The van der Waals surface area contributed by atoms with Crippen molar-refractivity contribution in [2.45, 2.75) is 31.7 Å². The quantitative estimate of drug-likeness (QED) is 0.748. The van der Waals surface area contributed by atoms with E-state index in [-0.39, 0.29) is 0 Å². The van der Waals surface area contributed by atoms with Gasteiger partial charge in [0.15, 0.2) is 0 Å². The third-order valence-electron chi connectivity index (χ3n) is 4.00. The number of nitrogens with two attached hydrogens (primary N) is 1. The summed E-state index contributed by atoms with van der Waals surface area (Å²) in [5.41, 5.74) is 5.90. The van der Waals surface area contributed by atoms with Gasteiger partial charge in [0.1, 0.15) is 0 Å². The van der Waals surface area contributed by atoms with Crippen molar-refractivity contribution < 1.29 is 0 Å². The highest BCUT2D eigenvalue weighted by Gasteiger charge is 2.21. The Morgan fingerprint density at radius 1 is 1.13 bits per heavy atom. The molecule has 0 aromatic heterocycles.